The quantitative estimate of drug-likeness (QED) is 0.719. The number of benzene rings is 1. The van der Waals surface area contributed by atoms with Crippen molar-refractivity contribution in [1.82, 2.24) is 14.2 Å². The van der Waals surface area contributed by atoms with Gasteiger partial charge < -0.3 is 15.2 Å². The van der Waals surface area contributed by atoms with Gasteiger partial charge in [0, 0.05) is 38.1 Å². The number of anilines is 1. The summed E-state index contributed by atoms with van der Waals surface area (Å²) >= 11 is 0. The number of H-pyrrole nitrogens is 1. The van der Waals surface area contributed by atoms with E-state index in [0.717, 1.165) is 25.7 Å². The van der Waals surface area contributed by atoms with Crippen LogP contribution in [0.25, 0.3) is 0 Å². The van der Waals surface area contributed by atoms with Crippen molar-refractivity contribution >= 4 is 27.5 Å². The summed E-state index contributed by atoms with van der Waals surface area (Å²) in [6.07, 6.45) is 6.79. The van der Waals surface area contributed by atoms with Gasteiger partial charge in [-0.1, -0.05) is 31.0 Å². The highest BCUT2D eigenvalue weighted by Crippen LogP contribution is 2.26. The van der Waals surface area contributed by atoms with E-state index in [0.29, 0.717) is 43.9 Å². The summed E-state index contributed by atoms with van der Waals surface area (Å²) in [5, 5.41) is 2.87. The maximum Gasteiger partial charge on any atom is 0.270 e. The molecule has 0 bridgehead atoms. The van der Waals surface area contributed by atoms with Crippen LogP contribution in [-0.2, 0) is 14.8 Å². The van der Waals surface area contributed by atoms with Crippen molar-refractivity contribution in [1.29, 1.82) is 0 Å². The number of nitrogens with zero attached hydrogens (tertiary/aromatic N) is 2. The largest absolute Gasteiger partial charge is 0.356 e. The van der Waals surface area contributed by atoms with Crippen molar-refractivity contribution in [3.8, 4) is 0 Å². The van der Waals surface area contributed by atoms with E-state index < -0.39 is 15.9 Å². The van der Waals surface area contributed by atoms with Crippen LogP contribution in [-0.4, -0.2) is 60.6 Å². The van der Waals surface area contributed by atoms with Crippen LogP contribution in [0.4, 0.5) is 5.69 Å². The summed E-state index contributed by atoms with van der Waals surface area (Å²) < 4.78 is 27.8. The number of rotatable bonds is 5. The molecule has 9 heteroatoms. The van der Waals surface area contributed by atoms with Crippen molar-refractivity contribution in [2.75, 3.05) is 31.5 Å². The third-order valence-electron chi connectivity index (χ3n) is 6.21. The minimum atomic E-state index is -3.80. The molecule has 4 rings (SSSR count). The average Bonchev–Trinajstić information content (AvgIpc) is 3.16. The number of aromatic amines is 1. The molecule has 1 atom stereocenters. The Labute approximate surface area is 189 Å². The Hall–Kier alpha value is -2.65. The summed E-state index contributed by atoms with van der Waals surface area (Å²) in [6, 6.07) is 10.6. The summed E-state index contributed by atoms with van der Waals surface area (Å²) in [5.74, 6) is -0.759. The van der Waals surface area contributed by atoms with Crippen molar-refractivity contribution in [3.05, 3.63) is 48.3 Å². The molecule has 2 aliphatic rings. The predicted molar refractivity (Wildman–Crippen MR) is 122 cm³/mol. The first-order chi connectivity index (χ1) is 15.4. The van der Waals surface area contributed by atoms with E-state index in [9.17, 15) is 18.0 Å². The second-order valence-corrected chi connectivity index (χ2v) is 10.5. The molecule has 2 saturated heterocycles. The summed E-state index contributed by atoms with van der Waals surface area (Å²) in [5.41, 5.74) is 0.987. The monoisotopic (exact) mass is 458 g/mol. The maximum atomic E-state index is 13.2. The lowest BCUT2D eigenvalue weighted by Gasteiger charge is -2.30. The van der Waals surface area contributed by atoms with E-state index in [2.05, 4.69) is 10.3 Å². The number of amides is 2. The van der Waals surface area contributed by atoms with Crippen LogP contribution in [0.1, 0.15) is 49.0 Å². The number of piperidine rings is 1. The second-order valence-electron chi connectivity index (χ2n) is 8.51. The molecule has 1 unspecified atom stereocenters. The van der Waals surface area contributed by atoms with Gasteiger partial charge in [-0.05, 0) is 43.9 Å². The van der Waals surface area contributed by atoms with Crippen molar-refractivity contribution < 1.29 is 18.0 Å². The highest BCUT2D eigenvalue weighted by molar-refractivity contribution is 7.89. The van der Waals surface area contributed by atoms with Crippen molar-refractivity contribution in [3.63, 3.8) is 0 Å². The fraction of sp³-hybridized carbons (Fsp3) is 0.478. The number of hydrogen-bond donors (Lipinski definition) is 2. The molecule has 2 fully saturated rings. The maximum absolute atomic E-state index is 13.2. The SMILES string of the molecule is O=C(Nc1ccccc1)C1CCCN(S(=O)(=O)c2c[nH]c(C(=O)N3CCCCCC3)c2)C1. The van der Waals surface area contributed by atoms with Gasteiger partial charge in [0.15, 0.2) is 0 Å². The summed E-state index contributed by atoms with van der Waals surface area (Å²) in [6.45, 7) is 1.88. The lowest BCUT2D eigenvalue weighted by atomic mass is 9.99. The van der Waals surface area contributed by atoms with Crippen LogP contribution in [0, 0.1) is 5.92 Å². The van der Waals surface area contributed by atoms with Gasteiger partial charge in [0.1, 0.15) is 10.6 Å². The van der Waals surface area contributed by atoms with Crippen molar-refractivity contribution in [2.45, 2.75) is 43.4 Å². The number of carbonyl (C=O) groups is 2. The zero-order chi connectivity index (χ0) is 22.6. The third kappa shape index (κ3) is 5.05. The van der Waals surface area contributed by atoms with E-state index in [1.54, 1.807) is 17.0 Å². The molecule has 2 aliphatic heterocycles. The number of para-hydroxylation sites is 1. The Morgan fingerprint density at radius 1 is 0.969 bits per heavy atom. The molecule has 2 aromatic rings. The highest BCUT2D eigenvalue weighted by atomic mass is 32.2. The minimum absolute atomic E-state index is 0.0692. The molecule has 2 N–H and O–H groups in total. The first-order valence-corrected chi connectivity index (χ1v) is 12.7. The number of nitrogens with one attached hydrogen (secondary N) is 2. The van der Waals surface area contributed by atoms with E-state index in [-0.39, 0.29) is 23.3 Å². The number of sulfonamides is 1. The Bertz CT molecular complexity index is 1040. The fourth-order valence-corrected chi connectivity index (χ4v) is 5.90. The lowest BCUT2D eigenvalue weighted by Crippen LogP contribution is -2.43. The van der Waals surface area contributed by atoms with Gasteiger partial charge in [-0.15, -0.1) is 0 Å². The van der Waals surface area contributed by atoms with Crippen LogP contribution >= 0.6 is 0 Å². The van der Waals surface area contributed by atoms with E-state index in [4.69, 9.17) is 0 Å². The zero-order valence-corrected chi connectivity index (χ0v) is 18.9. The molecule has 1 aromatic heterocycles. The average molecular weight is 459 g/mol. The molecule has 0 radical (unpaired) electrons. The summed E-state index contributed by atoms with van der Waals surface area (Å²) in [7, 11) is -3.80. The van der Waals surface area contributed by atoms with E-state index in [1.165, 1.54) is 16.6 Å². The predicted octanol–water partition coefficient (Wildman–Crippen LogP) is 3.07. The van der Waals surface area contributed by atoms with Crippen LogP contribution in [0.5, 0.6) is 0 Å². The number of aromatic nitrogens is 1. The first kappa shape index (κ1) is 22.5. The van der Waals surface area contributed by atoms with Gasteiger partial charge in [0.05, 0.1) is 5.92 Å². The number of carbonyl (C=O) groups excluding carboxylic acids is 2. The van der Waals surface area contributed by atoms with E-state index >= 15 is 0 Å². The second kappa shape index (κ2) is 9.87. The Morgan fingerprint density at radius 3 is 2.41 bits per heavy atom. The normalized spacial score (nSPS) is 20.5. The molecule has 0 aliphatic carbocycles. The van der Waals surface area contributed by atoms with Crippen LogP contribution < -0.4 is 5.32 Å². The van der Waals surface area contributed by atoms with Gasteiger partial charge in [-0.2, -0.15) is 4.31 Å². The van der Waals surface area contributed by atoms with E-state index in [1.807, 2.05) is 18.2 Å². The Kier molecular flexibility index (Phi) is 6.95. The van der Waals surface area contributed by atoms with Crippen molar-refractivity contribution in [2.24, 2.45) is 5.92 Å². The molecule has 3 heterocycles. The van der Waals surface area contributed by atoms with Crippen LogP contribution in [0.2, 0.25) is 0 Å². The smallest absolute Gasteiger partial charge is 0.270 e. The first-order valence-electron chi connectivity index (χ1n) is 11.3. The molecule has 172 valence electrons. The molecular weight excluding hydrogens is 428 g/mol. The van der Waals surface area contributed by atoms with Gasteiger partial charge in [0.25, 0.3) is 5.91 Å². The summed E-state index contributed by atoms with van der Waals surface area (Å²) in [4.78, 5) is 30.2. The number of hydrogen-bond acceptors (Lipinski definition) is 4. The Balaban J connectivity index is 1.43. The van der Waals surface area contributed by atoms with Crippen LogP contribution in [0.3, 0.4) is 0 Å². The van der Waals surface area contributed by atoms with Gasteiger partial charge >= 0.3 is 0 Å². The molecule has 32 heavy (non-hydrogen) atoms. The molecule has 0 spiro atoms. The molecule has 1 aromatic carbocycles. The van der Waals surface area contributed by atoms with Gasteiger partial charge in [0.2, 0.25) is 15.9 Å². The van der Waals surface area contributed by atoms with Gasteiger partial charge in [-0.3, -0.25) is 9.59 Å². The highest BCUT2D eigenvalue weighted by Gasteiger charge is 2.34. The topological polar surface area (TPSA) is 103 Å². The zero-order valence-electron chi connectivity index (χ0n) is 18.1. The lowest BCUT2D eigenvalue weighted by molar-refractivity contribution is -0.120. The third-order valence-corrected chi connectivity index (χ3v) is 8.06. The molecular formula is C23H30N4O4S. The molecule has 2 amide bonds. The molecule has 0 saturated carbocycles. The fourth-order valence-electron chi connectivity index (χ4n) is 4.38. The van der Waals surface area contributed by atoms with Gasteiger partial charge in [-0.25, -0.2) is 8.42 Å². The minimum Gasteiger partial charge on any atom is -0.356 e. The molecule has 8 nitrogen and oxygen atoms in total. The number of likely N-dealkylation sites (tertiary alicyclic amines) is 1. The van der Waals surface area contributed by atoms with Crippen LogP contribution in [0.15, 0.2) is 47.5 Å². The standard InChI is InChI=1S/C23H30N4O4S/c28-22(25-19-10-4-3-5-11-19)18-9-8-14-27(17-18)32(30,31)20-15-21(24-16-20)23(29)26-12-6-1-2-7-13-26/h3-5,10-11,15-16,18,24H,1-2,6-9,12-14,17H2,(H,25,28). The Morgan fingerprint density at radius 2 is 1.69 bits per heavy atom.